The first-order valence-electron chi connectivity index (χ1n) is 5.96. The number of nitro groups is 2. The molecule has 0 heterocycles. The zero-order valence-electron chi connectivity index (χ0n) is 11.2. The van der Waals surface area contributed by atoms with Gasteiger partial charge in [0.2, 0.25) is 9.84 Å². The number of rotatable bonds is 4. The van der Waals surface area contributed by atoms with E-state index in [2.05, 4.69) is 0 Å². The SMILES string of the molecule is N#Cc1c([N+](=O)[O-])cc([N+](=O)[O-])cc1S(=O)(=O)c1ccccc1. The van der Waals surface area contributed by atoms with Crippen molar-refractivity contribution in [2.24, 2.45) is 0 Å². The van der Waals surface area contributed by atoms with Gasteiger partial charge in [0.25, 0.3) is 11.4 Å². The molecule has 2 aromatic rings. The summed E-state index contributed by atoms with van der Waals surface area (Å²) in [5.74, 6) is 0. The van der Waals surface area contributed by atoms with Crippen LogP contribution >= 0.6 is 0 Å². The van der Waals surface area contributed by atoms with Gasteiger partial charge in [-0.2, -0.15) is 5.26 Å². The Morgan fingerprint density at radius 2 is 1.61 bits per heavy atom. The molecule has 0 bridgehead atoms. The molecule has 0 aliphatic carbocycles. The second kappa shape index (κ2) is 5.82. The quantitative estimate of drug-likeness (QED) is 0.616. The molecule has 0 aliphatic heterocycles. The van der Waals surface area contributed by atoms with Crippen molar-refractivity contribution in [2.75, 3.05) is 0 Å². The van der Waals surface area contributed by atoms with Crippen molar-refractivity contribution in [3.8, 4) is 6.07 Å². The van der Waals surface area contributed by atoms with E-state index in [9.17, 15) is 28.6 Å². The van der Waals surface area contributed by atoms with E-state index in [1.807, 2.05) is 0 Å². The molecule has 0 saturated carbocycles. The maximum atomic E-state index is 12.6. The van der Waals surface area contributed by atoms with E-state index in [1.165, 1.54) is 30.3 Å². The lowest BCUT2D eigenvalue weighted by molar-refractivity contribution is -0.394. The molecule has 116 valence electrons. The van der Waals surface area contributed by atoms with Gasteiger partial charge in [-0.25, -0.2) is 8.42 Å². The standard InChI is InChI=1S/C13H7N3O6S/c14-8-11-12(16(19)20)6-9(15(17)18)7-13(11)23(21,22)10-4-2-1-3-5-10/h1-7H. The number of non-ortho nitro benzene ring substituents is 1. The van der Waals surface area contributed by atoms with Gasteiger partial charge in [-0.15, -0.1) is 0 Å². The summed E-state index contributed by atoms with van der Waals surface area (Å²) >= 11 is 0. The van der Waals surface area contributed by atoms with Crippen molar-refractivity contribution in [1.29, 1.82) is 5.26 Å². The van der Waals surface area contributed by atoms with Gasteiger partial charge in [-0.3, -0.25) is 20.2 Å². The van der Waals surface area contributed by atoms with Crippen LogP contribution in [0.2, 0.25) is 0 Å². The maximum absolute atomic E-state index is 12.6. The van der Waals surface area contributed by atoms with Crippen LogP contribution in [-0.2, 0) is 9.84 Å². The second-order valence-corrected chi connectivity index (χ2v) is 6.20. The highest BCUT2D eigenvalue weighted by Gasteiger charge is 2.31. The lowest BCUT2D eigenvalue weighted by atomic mass is 10.2. The van der Waals surface area contributed by atoms with Gasteiger partial charge in [-0.1, -0.05) is 18.2 Å². The Bertz CT molecular complexity index is 948. The van der Waals surface area contributed by atoms with E-state index in [4.69, 9.17) is 5.26 Å². The van der Waals surface area contributed by atoms with Crippen molar-refractivity contribution < 1.29 is 18.3 Å². The van der Waals surface area contributed by atoms with Crippen molar-refractivity contribution in [3.63, 3.8) is 0 Å². The van der Waals surface area contributed by atoms with Gasteiger partial charge in [0.15, 0.2) is 0 Å². The van der Waals surface area contributed by atoms with E-state index in [-0.39, 0.29) is 4.90 Å². The first-order chi connectivity index (χ1) is 10.8. The average molecular weight is 333 g/mol. The van der Waals surface area contributed by atoms with Gasteiger partial charge in [0.1, 0.15) is 16.5 Å². The van der Waals surface area contributed by atoms with Gasteiger partial charge >= 0.3 is 0 Å². The number of hydrogen-bond donors (Lipinski definition) is 0. The molecule has 0 amide bonds. The molecule has 0 unspecified atom stereocenters. The van der Waals surface area contributed by atoms with E-state index in [0.717, 1.165) is 0 Å². The van der Waals surface area contributed by atoms with Crippen LogP contribution in [-0.4, -0.2) is 18.3 Å². The molecule has 0 fully saturated rings. The van der Waals surface area contributed by atoms with Gasteiger partial charge in [-0.05, 0) is 12.1 Å². The average Bonchev–Trinajstić information content (AvgIpc) is 2.54. The number of benzene rings is 2. The Labute approximate surface area is 129 Å². The van der Waals surface area contributed by atoms with Crippen molar-refractivity contribution in [1.82, 2.24) is 0 Å². The highest BCUT2D eigenvalue weighted by Crippen LogP contribution is 2.33. The molecular formula is C13H7N3O6S. The molecule has 9 nitrogen and oxygen atoms in total. The summed E-state index contributed by atoms with van der Waals surface area (Å²) in [6.07, 6.45) is 0. The third-order valence-electron chi connectivity index (χ3n) is 2.93. The lowest BCUT2D eigenvalue weighted by Crippen LogP contribution is -2.07. The minimum Gasteiger partial charge on any atom is -0.258 e. The lowest BCUT2D eigenvalue weighted by Gasteiger charge is -2.07. The Kier molecular flexibility index (Phi) is 4.06. The number of hydrogen-bond acceptors (Lipinski definition) is 7. The highest BCUT2D eigenvalue weighted by atomic mass is 32.2. The molecule has 0 aliphatic rings. The molecule has 0 atom stereocenters. The Balaban J connectivity index is 2.88. The third-order valence-corrected chi connectivity index (χ3v) is 4.72. The third kappa shape index (κ3) is 2.85. The van der Waals surface area contributed by atoms with Crippen LogP contribution in [0.4, 0.5) is 11.4 Å². The second-order valence-electron chi connectivity index (χ2n) is 4.28. The van der Waals surface area contributed by atoms with Crippen LogP contribution in [0.3, 0.4) is 0 Å². The highest BCUT2D eigenvalue weighted by molar-refractivity contribution is 7.91. The molecule has 23 heavy (non-hydrogen) atoms. The molecule has 0 saturated heterocycles. The Morgan fingerprint density at radius 1 is 1.00 bits per heavy atom. The number of nitrogens with zero attached hydrogens (tertiary/aromatic N) is 3. The fourth-order valence-corrected chi connectivity index (χ4v) is 3.35. The molecule has 10 heteroatoms. The first kappa shape index (κ1) is 16.1. The smallest absolute Gasteiger partial charge is 0.258 e. The number of sulfone groups is 1. The molecule has 0 aromatic heterocycles. The zero-order valence-corrected chi connectivity index (χ0v) is 12.1. The number of nitro benzene ring substituents is 2. The van der Waals surface area contributed by atoms with Crippen LogP contribution in [0.25, 0.3) is 0 Å². The zero-order chi connectivity index (χ0) is 17.2. The largest absolute Gasteiger partial charge is 0.295 e. The summed E-state index contributed by atoms with van der Waals surface area (Å²) in [5.41, 5.74) is -2.47. The van der Waals surface area contributed by atoms with Crippen LogP contribution in [0.1, 0.15) is 5.56 Å². The normalized spacial score (nSPS) is 10.7. The minimum atomic E-state index is -4.33. The monoisotopic (exact) mass is 333 g/mol. The van der Waals surface area contributed by atoms with Gasteiger partial charge in [0, 0.05) is 6.07 Å². The summed E-state index contributed by atoms with van der Waals surface area (Å²) in [6.45, 7) is 0. The summed E-state index contributed by atoms with van der Waals surface area (Å²) in [5, 5.41) is 31.0. The fourth-order valence-electron chi connectivity index (χ4n) is 1.89. The number of nitriles is 1. The molecule has 0 spiro atoms. The predicted molar refractivity (Wildman–Crippen MR) is 76.4 cm³/mol. The summed E-state index contributed by atoms with van der Waals surface area (Å²) < 4.78 is 25.1. The van der Waals surface area contributed by atoms with Gasteiger partial charge < -0.3 is 0 Å². The topological polar surface area (TPSA) is 144 Å². The van der Waals surface area contributed by atoms with Crippen LogP contribution in [0.15, 0.2) is 52.3 Å². The molecular weight excluding hydrogens is 326 g/mol. The van der Waals surface area contributed by atoms with Crippen molar-refractivity contribution >= 4 is 21.2 Å². The van der Waals surface area contributed by atoms with Crippen molar-refractivity contribution in [3.05, 3.63) is 68.3 Å². The summed E-state index contributed by atoms with van der Waals surface area (Å²) in [6, 6.07) is 9.49. The molecule has 0 radical (unpaired) electrons. The van der Waals surface area contributed by atoms with Gasteiger partial charge in [0.05, 0.1) is 20.8 Å². The fraction of sp³-hybridized carbons (Fsp3) is 0. The van der Waals surface area contributed by atoms with Crippen LogP contribution in [0.5, 0.6) is 0 Å². The predicted octanol–water partition coefficient (Wildman–Crippen LogP) is 2.21. The van der Waals surface area contributed by atoms with E-state index in [0.29, 0.717) is 12.1 Å². The molecule has 0 N–H and O–H groups in total. The maximum Gasteiger partial charge on any atom is 0.295 e. The van der Waals surface area contributed by atoms with Crippen LogP contribution in [0, 0.1) is 31.6 Å². The molecule has 2 aromatic carbocycles. The van der Waals surface area contributed by atoms with Crippen LogP contribution < -0.4 is 0 Å². The first-order valence-corrected chi connectivity index (χ1v) is 7.44. The van der Waals surface area contributed by atoms with E-state index in [1.54, 1.807) is 6.07 Å². The Morgan fingerprint density at radius 3 is 2.09 bits per heavy atom. The summed E-state index contributed by atoms with van der Waals surface area (Å²) in [7, 11) is -4.33. The summed E-state index contributed by atoms with van der Waals surface area (Å²) in [4.78, 5) is 18.9. The van der Waals surface area contributed by atoms with E-state index >= 15 is 0 Å². The molecule has 2 rings (SSSR count). The van der Waals surface area contributed by atoms with Crippen molar-refractivity contribution in [2.45, 2.75) is 9.79 Å². The van der Waals surface area contributed by atoms with E-state index < -0.39 is 41.5 Å². The minimum absolute atomic E-state index is 0.230. The Hall–Kier alpha value is -3.32.